The van der Waals surface area contributed by atoms with Crippen LogP contribution in [-0.4, -0.2) is 53.8 Å². The van der Waals surface area contributed by atoms with Crippen LogP contribution in [-0.2, 0) is 19.0 Å². The molecule has 12 heteroatoms. The molecule has 43 heavy (non-hydrogen) atoms. The van der Waals surface area contributed by atoms with Crippen molar-refractivity contribution in [3.05, 3.63) is 80.7 Å². The molecular formula is C31H34BFN2O8. The second-order valence-electron chi connectivity index (χ2n) is 11.3. The van der Waals surface area contributed by atoms with Crippen LogP contribution in [0.15, 0.2) is 59.2 Å². The number of hydrogen-bond acceptors (Lipinski definition) is 8. The average Bonchev–Trinajstić information content (AvgIpc) is 3.22. The summed E-state index contributed by atoms with van der Waals surface area (Å²) in [6, 6.07) is 9.70. The lowest BCUT2D eigenvalue weighted by atomic mass is 9.58. The standard InChI is InChI=1S/C31H34BFN2O8/c1-3-5-18(12-19-8-10-26(36)25(33)13-19)9-11-27-28-20(17-42-2)14-23-29(24(28)16-32(39)43-27)31(38)34(30(23)37)21-6-4-7-22(15-21)35(40)41/h4,6-8,10,12-13,15,23-24,27,29,36,39H,3,5,9,11,14,16-17H2,1-2H3/b18-12+/t23-,24+,27-,29-/m1/s1. The molecule has 0 unspecified atom stereocenters. The number of imide groups is 1. The van der Waals surface area contributed by atoms with Gasteiger partial charge in [0.05, 0.1) is 35.2 Å². The van der Waals surface area contributed by atoms with Crippen molar-refractivity contribution >= 4 is 36.4 Å². The van der Waals surface area contributed by atoms with Crippen LogP contribution >= 0.6 is 0 Å². The Kier molecular flexibility index (Phi) is 9.09. The molecule has 3 aliphatic rings. The summed E-state index contributed by atoms with van der Waals surface area (Å²) in [5, 5.41) is 31.7. The highest BCUT2D eigenvalue weighted by Crippen LogP contribution is 2.51. The zero-order valence-electron chi connectivity index (χ0n) is 24.1. The Balaban J connectivity index is 1.44. The fourth-order valence-electron chi connectivity index (χ4n) is 6.83. The van der Waals surface area contributed by atoms with Crippen LogP contribution in [0.4, 0.5) is 15.8 Å². The van der Waals surface area contributed by atoms with Crippen molar-refractivity contribution in [3.8, 4) is 5.75 Å². The number of phenolic OH excluding ortho intramolecular Hbond substituents is 1. The summed E-state index contributed by atoms with van der Waals surface area (Å²) in [7, 11) is 0.402. The molecule has 1 aliphatic carbocycles. The maximum absolute atomic E-state index is 14.0. The molecule has 0 bridgehead atoms. The van der Waals surface area contributed by atoms with Gasteiger partial charge in [-0.3, -0.25) is 19.7 Å². The van der Waals surface area contributed by atoms with Gasteiger partial charge in [0.1, 0.15) is 0 Å². The SMILES string of the molecule is CCC/C(=C\c1ccc(O)c(F)c1)CC[C@H]1OB(O)C[C@H]2C1=C(COC)C[C@H]1C(=O)N(c3cccc([N+](=O)[O-])c3)C(=O)[C@H]12. The Morgan fingerprint density at radius 1 is 1.21 bits per heavy atom. The molecule has 0 saturated carbocycles. The average molecular weight is 592 g/mol. The van der Waals surface area contributed by atoms with Gasteiger partial charge in [0.2, 0.25) is 11.8 Å². The second kappa shape index (κ2) is 12.8. The summed E-state index contributed by atoms with van der Waals surface area (Å²) in [4.78, 5) is 39.4. The van der Waals surface area contributed by atoms with E-state index in [0.29, 0.717) is 18.4 Å². The van der Waals surface area contributed by atoms with E-state index in [0.717, 1.165) is 34.5 Å². The van der Waals surface area contributed by atoms with E-state index in [1.807, 2.05) is 13.0 Å². The van der Waals surface area contributed by atoms with Crippen LogP contribution < -0.4 is 4.90 Å². The van der Waals surface area contributed by atoms with Crippen LogP contribution in [0.2, 0.25) is 6.32 Å². The third kappa shape index (κ3) is 6.13. The van der Waals surface area contributed by atoms with Crippen LogP contribution in [0.3, 0.4) is 0 Å². The van der Waals surface area contributed by atoms with Gasteiger partial charge in [-0.05, 0) is 72.8 Å². The number of halogens is 1. The van der Waals surface area contributed by atoms with Gasteiger partial charge >= 0.3 is 7.12 Å². The lowest BCUT2D eigenvalue weighted by molar-refractivity contribution is -0.384. The van der Waals surface area contributed by atoms with Gasteiger partial charge in [-0.2, -0.15) is 0 Å². The number of nitrogens with zero attached hydrogens (tertiary/aromatic N) is 2. The Morgan fingerprint density at radius 2 is 2.00 bits per heavy atom. The van der Waals surface area contributed by atoms with Crippen molar-refractivity contribution in [2.75, 3.05) is 18.6 Å². The molecule has 2 aromatic rings. The van der Waals surface area contributed by atoms with Crippen molar-refractivity contribution < 1.29 is 38.4 Å². The molecule has 2 saturated heterocycles. The van der Waals surface area contributed by atoms with Gasteiger partial charge in [0.25, 0.3) is 5.69 Å². The molecule has 2 N–H and O–H groups in total. The highest BCUT2D eigenvalue weighted by Gasteiger charge is 2.57. The van der Waals surface area contributed by atoms with E-state index in [4.69, 9.17) is 9.39 Å². The predicted molar refractivity (Wildman–Crippen MR) is 157 cm³/mol. The summed E-state index contributed by atoms with van der Waals surface area (Å²) in [6.45, 7) is 2.27. The monoisotopic (exact) mass is 592 g/mol. The van der Waals surface area contributed by atoms with Crippen molar-refractivity contribution in [3.63, 3.8) is 0 Å². The number of benzene rings is 2. The number of amides is 2. The lowest BCUT2D eigenvalue weighted by Crippen LogP contribution is -2.46. The Bertz CT molecular complexity index is 1490. The van der Waals surface area contributed by atoms with E-state index in [-0.39, 0.29) is 30.7 Å². The Labute approximate surface area is 249 Å². The number of allylic oxidation sites excluding steroid dienone is 1. The van der Waals surface area contributed by atoms with E-state index in [2.05, 4.69) is 0 Å². The van der Waals surface area contributed by atoms with Crippen LogP contribution in [0.1, 0.15) is 44.6 Å². The first kappa shape index (κ1) is 30.6. The number of methoxy groups -OCH3 is 1. The van der Waals surface area contributed by atoms with Crippen molar-refractivity contribution in [1.82, 2.24) is 0 Å². The molecule has 2 amide bonds. The van der Waals surface area contributed by atoms with Gasteiger partial charge in [0.15, 0.2) is 11.6 Å². The maximum atomic E-state index is 14.0. The number of non-ortho nitro benzene ring substituents is 1. The smallest absolute Gasteiger partial charge is 0.455 e. The number of phenols is 1. The normalized spacial score (nSPS) is 24.0. The molecular weight excluding hydrogens is 558 g/mol. The number of carbonyl (C=O) groups excluding carboxylic acids is 2. The topological polar surface area (TPSA) is 139 Å². The van der Waals surface area contributed by atoms with E-state index < -0.39 is 59.3 Å². The second-order valence-corrected chi connectivity index (χ2v) is 11.3. The highest BCUT2D eigenvalue weighted by atomic mass is 19.1. The number of hydrogen-bond donors (Lipinski definition) is 2. The van der Waals surface area contributed by atoms with Crippen molar-refractivity contribution in [2.24, 2.45) is 17.8 Å². The molecule has 10 nitrogen and oxygen atoms in total. The molecule has 4 atom stereocenters. The highest BCUT2D eigenvalue weighted by molar-refractivity contribution is 6.43. The van der Waals surface area contributed by atoms with Gasteiger partial charge in [0, 0.05) is 19.2 Å². The largest absolute Gasteiger partial charge is 0.505 e. The molecule has 0 spiro atoms. The Hall–Kier alpha value is -3.87. The molecule has 2 aromatic carbocycles. The molecule has 2 fully saturated rings. The molecule has 0 radical (unpaired) electrons. The summed E-state index contributed by atoms with van der Waals surface area (Å²) in [5.41, 5.74) is 3.31. The van der Waals surface area contributed by atoms with Gasteiger partial charge in [-0.15, -0.1) is 0 Å². The quantitative estimate of drug-likeness (QED) is 0.129. The molecule has 0 aromatic heterocycles. The lowest BCUT2D eigenvalue weighted by Gasteiger charge is -2.43. The number of ether oxygens (including phenoxy) is 1. The van der Waals surface area contributed by atoms with Crippen LogP contribution in [0, 0.1) is 33.7 Å². The molecule has 2 heterocycles. The number of fused-ring (bicyclic) bond motifs is 3. The number of rotatable bonds is 10. The number of carbonyl (C=O) groups is 2. The fourth-order valence-corrected chi connectivity index (χ4v) is 6.83. The van der Waals surface area contributed by atoms with Crippen LogP contribution in [0.5, 0.6) is 5.75 Å². The summed E-state index contributed by atoms with van der Waals surface area (Å²) >= 11 is 0. The van der Waals surface area contributed by atoms with Gasteiger partial charge in [-0.25, -0.2) is 9.29 Å². The van der Waals surface area contributed by atoms with Crippen LogP contribution in [0.25, 0.3) is 6.08 Å². The van der Waals surface area contributed by atoms with Gasteiger partial charge < -0.3 is 19.5 Å². The minimum atomic E-state index is -1.15. The molecule has 5 rings (SSSR count). The Morgan fingerprint density at radius 3 is 2.70 bits per heavy atom. The van der Waals surface area contributed by atoms with Crippen molar-refractivity contribution in [1.29, 1.82) is 0 Å². The van der Waals surface area contributed by atoms with E-state index in [9.17, 15) is 34.2 Å². The summed E-state index contributed by atoms with van der Waals surface area (Å²) in [5.74, 6) is -3.87. The first-order chi connectivity index (χ1) is 20.6. The zero-order valence-corrected chi connectivity index (χ0v) is 24.1. The number of nitro benzene ring substituents is 1. The van der Waals surface area contributed by atoms with Gasteiger partial charge in [-0.1, -0.05) is 37.1 Å². The fraction of sp³-hybridized carbons (Fsp3) is 0.419. The number of aromatic hydroxyl groups is 1. The minimum Gasteiger partial charge on any atom is -0.505 e. The first-order valence-electron chi connectivity index (χ1n) is 14.5. The molecule has 2 aliphatic heterocycles. The third-order valence-electron chi connectivity index (χ3n) is 8.57. The minimum absolute atomic E-state index is 0.131. The number of nitro groups is 1. The maximum Gasteiger partial charge on any atom is 0.455 e. The van der Waals surface area contributed by atoms with Crippen molar-refractivity contribution in [2.45, 2.75) is 51.5 Å². The molecule has 226 valence electrons. The third-order valence-corrected chi connectivity index (χ3v) is 8.57. The first-order valence-corrected chi connectivity index (χ1v) is 14.5. The van der Waals surface area contributed by atoms with E-state index in [1.54, 1.807) is 13.2 Å². The number of anilines is 1. The van der Waals surface area contributed by atoms with E-state index in [1.165, 1.54) is 36.4 Å². The predicted octanol–water partition coefficient (Wildman–Crippen LogP) is 5.05. The zero-order chi connectivity index (χ0) is 30.8. The van der Waals surface area contributed by atoms with E-state index >= 15 is 0 Å². The summed E-state index contributed by atoms with van der Waals surface area (Å²) < 4.78 is 25.5. The summed E-state index contributed by atoms with van der Waals surface area (Å²) in [6.07, 6.45) is 4.43.